The summed E-state index contributed by atoms with van der Waals surface area (Å²) in [5.41, 5.74) is -0.534. The molecule has 2 atom stereocenters. The first-order valence-corrected chi connectivity index (χ1v) is 6.38. The Morgan fingerprint density at radius 3 is 2.94 bits per heavy atom. The van der Waals surface area contributed by atoms with Crippen molar-refractivity contribution < 1.29 is 19.4 Å². The van der Waals surface area contributed by atoms with E-state index in [2.05, 4.69) is 5.32 Å². The van der Waals surface area contributed by atoms with Crippen molar-refractivity contribution >= 4 is 11.9 Å². The minimum Gasteiger partial charge on any atom is -0.481 e. The van der Waals surface area contributed by atoms with Crippen LogP contribution >= 0.6 is 0 Å². The van der Waals surface area contributed by atoms with Crippen LogP contribution in [0.25, 0.3) is 0 Å². The SMILES string of the molecule is CC1(C(=O)N2CCOCC2CC(=O)O)CCCN1. The second kappa shape index (κ2) is 5.24. The maximum absolute atomic E-state index is 12.5. The molecule has 2 fully saturated rings. The average Bonchev–Trinajstić information content (AvgIpc) is 2.76. The molecule has 6 heteroatoms. The lowest BCUT2D eigenvalue weighted by atomic mass is 9.96. The smallest absolute Gasteiger partial charge is 0.305 e. The highest BCUT2D eigenvalue weighted by atomic mass is 16.5. The van der Waals surface area contributed by atoms with Crippen LogP contribution in [0.1, 0.15) is 26.2 Å². The Morgan fingerprint density at radius 1 is 1.56 bits per heavy atom. The van der Waals surface area contributed by atoms with Gasteiger partial charge in [-0.3, -0.25) is 9.59 Å². The number of carbonyl (C=O) groups excluding carboxylic acids is 1. The van der Waals surface area contributed by atoms with Crippen molar-refractivity contribution in [1.29, 1.82) is 0 Å². The fourth-order valence-electron chi connectivity index (χ4n) is 2.69. The van der Waals surface area contributed by atoms with Crippen LogP contribution in [0, 0.1) is 0 Å². The summed E-state index contributed by atoms with van der Waals surface area (Å²) in [6.45, 7) is 4.02. The molecule has 2 heterocycles. The summed E-state index contributed by atoms with van der Waals surface area (Å²) in [5.74, 6) is -0.887. The molecule has 0 aromatic rings. The molecule has 0 spiro atoms. The van der Waals surface area contributed by atoms with E-state index in [0.29, 0.717) is 19.8 Å². The summed E-state index contributed by atoms with van der Waals surface area (Å²) < 4.78 is 5.28. The van der Waals surface area contributed by atoms with Gasteiger partial charge in [-0.25, -0.2) is 0 Å². The molecule has 2 unspecified atom stereocenters. The van der Waals surface area contributed by atoms with Crippen LogP contribution in [0.4, 0.5) is 0 Å². The van der Waals surface area contributed by atoms with E-state index in [0.717, 1.165) is 19.4 Å². The van der Waals surface area contributed by atoms with Gasteiger partial charge in [-0.2, -0.15) is 0 Å². The fourth-order valence-corrected chi connectivity index (χ4v) is 2.69. The summed E-state index contributed by atoms with van der Waals surface area (Å²) in [6.07, 6.45) is 1.74. The number of hydrogen-bond acceptors (Lipinski definition) is 4. The maximum atomic E-state index is 12.5. The van der Waals surface area contributed by atoms with Crippen molar-refractivity contribution in [1.82, 2.24) is 10.2 Å². The van der Waals surface area contributed by atoms with Crippen molar-refractivity contribution in [3.63, 3.8) is 0 Å². The lowest BCUT2D eigenvalue weighted by Gasteiger charge is -2.39. The van der Waals surface area contributed by atoms with E-state index in [1.54, 1.807) is 4.90 Å². The zero-order chi connectivity index (χ0) is 13.2. The number of amides is 1. The molecule has 2 saturated heterocycles. The largest absolute Gasteiger partial charge is 0.481 e. The molecular formula is C12H20N2O4. The van der Waals surface area contributed by atoms with Crippen molar-refractivity contribution in [2.45, 2.75) is 37.8 Å². The Bertz CT molecular complexity index is 339. The Morgan fingerprint density at radius 2 is 2.33 bits per heavy atom. The molecule has 6 nitrogen and oxygen atoms in total. The van der Waals surface area contributed by atoms with Crippen LogP contribution in [-0.4, -0.2) is 59.8 Å². The minimum atomic E-state index is -0.896. The third-order valence-corrected chi connectivity index (χ3v) is 3.74. The van der Waals surface area contributed by atoms with Crippen LogP contribution in [0.15, 0.2) is 0 Å². The highest BCUT2D eigenvalue weighted by Gasteiger charge is 2.42. The Kier molecular flexibility index (Phi) is 3.87. The standard InChI is InChI=1S/C12H20N2O4/c1-12(3-2-4-13-12)11(17)14-5-6-18-8-9(14)7-10(15)16/h9,13H,2-8H2,1H3,(H,15,16). The topological polar surface area (TPSA) is 78.9 Å². The van der Waals surface area contributed by atoms with Gasteiger partial charge < -0.3 is 20.1 Å². The molecule has 102 valence electrons. The zero-order valence-electron chi connectivity index (χ0n) is 10.6. The number of nitrogens with zero attached hydrogens (tertiary/aromatic N) is 1. The molecule has 0 saturated carbocycles. The number of morpholine rings is 1. The minimum absolute atomic E-state index is 0.00884. The van der Waals surface area contributed by atoms with Crippen molar-refractivity contribution in [3.8, 4) is 0 Å². The van der Waals surface area contributed by atoms with Crippen LogP contribution in [0.5, 0.6) is 0 Å². The highest BCUT2D eigenvalue weighted by Crippen LogP contribution is 2.24. The second-order valence-corrected chi connectivity index (χ2v) is 5.19. The van der Waals surface area contributed by atoms with Gasteiger partial charge in [0.05, 0.1) is 31.2 Å². The van der Waals surface area contributed by atoms with Gasteiger partial charge in [0, 0.05) is 6.54 Å². The first-order chi connectivity index (χ1) is 8.53. The summed E-state index contributed by atoms with van der Waals surface area (Å²) >= 11 is 0. The predicted octanol–water partition coefficient (Wildman–Crippen LogP) is -0.169. The Balaban J connectivity index is 2.08. The molecule has 2 rings (SSSR count). The Labute approximate surface area is 106 Å². The molecule has 1 amide bonds. The van der Waals surface area contributed by atoms with E-state index < -0.39 is 11.5 Å². The van der Waals surface area contributed by atoms with Crippen LogP contribution < -0.4 is 5.32 Å². The molecular weight excluding hydrogens is 236 g/mol. The molecule has 0 aliphatic carbocycles. The predicted molar refractivity (Wildman–Crippen MR) is 64.2 cm³/mol. The number of hydrogen-bond donors (Lipinski definition) is 2. The first kappa shape index (κ1) is 13.3. The Hall–Kier alpha value is -1.14. The van der Waals surface area contributed by atoms with Gasteiger partial charge >= 0.3 is 5.97 Å². The third kappa shape index (κ3) is 2.64. The number of rotatable bonds is 3. The number of nitrogens with one attached hydrogen (secondary N) is 1. The van der Waals surface area contributed by atoms with E-state index in [1.165, 1.54) is 0 Å². The number of carboxylic acids is 1. The number of carboxylic acid groups (broad SMARTS) is 1. The molecule has 2 N–H and O–H groups in total. The summed E-state index contributed by atoms with van der Waals surface area (Å²) in [4.78, 5) is 25.0. The summed E-state index contributed by atoms with van der Waals surface area (Å²) in [6, 6.07) is -0.344. The molecule has 0 aromatic carbocycles. The van der Waals surface area contributed by atoms with Gasteiger partial charge in [0.2, 0.25) is 5.91 Å². The average molecular weight is 256 g/mol. The molecule has 2 aliphatic heterocycles. The molecule has 0 bridgehead atoms. The van der Waals surface area contributed by atoms with E-state index in [-0.39, 0.29) is 18.4 Å². The molecule has 2 aliphatic rings. The summed E-state index contributed by atoms with van der Waals surface area (Å²) in [7, 11) is 0. The third-order valence-electron chi connectivity index (χ3n) is 3.74. The van der Waals surface area contributed by atoms with Gasteiger partial charge in [0.1, 0.15) is 0 Å². The first-order valence-electron chi connectivity index (χ1n) is 6.38. The summed E-state index contributed by atoms with van der Waals surface area (Å²) in [5, 5.41) is 12.1. The van der Waals surface area contributed by atoms with E-state index in [9.17, 15) is 9.59 Å². The monoisotopic (exact) mass is 256 g/mol. The number of ether oxygens (including phenoxy) is 1. The van der Waals surface area contributed by atoms with Gasteiger partial charge in [-0.15, -0.1) is 0 Å². The maximum Gasteiger partial charge on any atom is 0.305 e. The normalized spacial score (nSPS) is 32.5. The van der Waals surface area contributed by atoms with E-state index in [1.807, 2.05) is 6.92 Å². The van der Waals surface area contributed by atoms with Crippen LogP contribution in [0.2, 0.25) is 0 Å². The molecule has 0 aromatic heterocycles. The molecule has 18 heavy (non-hydrogen) atoms. The van der Waals surface area contributed by atoms with Crippen molar-refractivity contribution in [2.75, 3.05) is 26.3 Å². The lowest BCUT2D eigenvalue weighted by Crippen LogP contribution is -2.59. The fraction of sp³-hybridized carbons (Fsp3) is 0.833. The molecule has 0 radical (unpaired) electrons. The van der Waals surface area contributed by atoms with Gasteiger partial charge in [0.15, 0.2) is 0 Å². The highest BCUT2D eigenvalue weighted by molar-refractivity contribution is 5.87. The van der Waals surface area contributed by atoms with Gasteiger partial charge in [-0.1, -0.05) is 0 Å². The van der Waals surface area contributed by atoms with Crippen LogP contribution in [0.3, 0.4) is 0 Å². The zero-order valence-corrected chi connectivity index (χ0v) is 10.6. The second-order valence-electron chi connectivity index (χ2n) is 5.19. The quantitative estimate of drug-likeness (QED) is 0.733. The van der Waals surface area contributed by atoms with Crippen molar-refractivity contribution in [3.05, 3.63) is 0 Å². The number of carbonyl (C=O) groups is 2. The lowest BCUT2D eigenvalue weighted by molar-refractivity contribution is -0.150. The van der Waals surface area contributed by atoms with Gasteiger partial charge in [0.25, 0.3) is 0 Å². The van der Waals surface area contributed by atoms with Gasteiger partial charge in [-0.05, 0) is 26.3 Å². The van der Waals surface area contributed by atoms with Crippen molar-refractivity contribution in [2.24, 2.45) is 0 Å². The van der Waals surface area contributed by atoms with Crippen LogP contribution in [-0.2, 0) is 14.3 Å². The number of aliphatic carboxylic acids is 1. The van der Waals surface area contributed by atoms with E-state index in [4.69, 9.17) is 9.84 Å². The van der Waals surface area contributed by atoms with E-state index >= 15 is 0 Å².